The minimum atomic E-state index is -1.23. The molecule has 0 aliphatic rings. The Labute approximate surface area is 182 Å². The predicted octanol–water partition coefficient (Wildman–Crippen LogP) is -1.50. The second-order valence-electron chi connectivity index (χ2n) is 6.94. The maximum atomic E-state index is 12.6. The van der Waals surface area contributed by atoms with E-state index in [-0.39, 0.29) is 23.8 Å². The molecule has 0 saturated carbocycles. The summed E-state index contributed by atoms with van der Waals surface area (Å²) in [5.41, 5.74) is 11.3. The predicted molar refractivity (Wildman–Crippen MR) is 117 cm³/mol. The normalized spacial score (nSPS) is 15.1. The van der Waals surface area contributed by atoms with E-state index in [9.17, 15) is 19.2 Å². The van der Waals surface area contributed by atoms with Crippen molar-refractivity contribution in [3.05, 3.63) is 0 Å². The largest absolute Gasteiger partial charge is 0.480 e. The number of nitrogens with two attached hydrogens (primary N) is 2. The molecule has 4 atom stereocenters. The van der Waals surface area contributed by atoms with Crippen molar-refractivity contribution in [1.82, 2.24) is 16.0 Å². The van der Waals surface area contributed by atoms with E-state index in [2.05, 4.69) is 41.2 Å². The van der Waals surface area contributed by atoms with Crippen molar-refractivity contribution in [3.63, 3.8) is 0 Å². The molecular weight excluding hydrogens is 418 g/mol. The number of rotatable bonds is 14. The Bertz CT molecular complexity index is 564. The second-order valence-corrected chi connectivity index (χ2v) is 7.67. The van der Waals surface area contributed by atoms with E-state index < -0.39 is 47.9 Å². The molecule has 0 aromatic heterocycles. The number of unbranched alkanes of at least 4 members (excludes halogenated alkanes) is 1. The van der Waals surface area contributed by atoms with Gasteiger partial charge in [0.15, 0.2) is 0 Å². The van der Waals surface area contributed by atoms with Crippen LogP contribution in [0, 0.1) is 5.92 Å². The zero-order chi connectivity index (χ0) is 22.6. The minimum Gasteiger partial charge on any atom is -0.480 e. The molecule has 10 nitrogen and oxygen atoms in total. The lowest BCUT2D eigenvalue weighted by atomic mass is 10.0. The Hall–Kier alpha value is -1.50. The highest BCUT2D eigenvalue weighted by molar-refractivity contribution is 7.80. The first-order valence-corrected chi connectivity index (χ1v) is 10.7. The molecule has 0 spiro atoms. The van der Waals surface area contributed by atoms with Crippen molar-refractivity contribution < 1.29 is 24.3 Å². The number of hydrogen-bond donors (Lipinski definition) is 8. The van der Waals surface area contributed by atoms with Crippen molar-refractivity contribution in [2.75, 3.05) is 18.1 Å². The minimum absolute atomic E-state index is 0.00603. The van der Waals surface area contributed by atoms with E-state index >= 15 is 0 Å². The van der Waals surface area contributed by atoms with Gasteiger partial charge < -0.3 is 32.5 Å². The van der Waals surface area contributed by atoms with Gasteiger partial charge in [0.2, 0.25) is 17.7 Å². The molecule has 0 aromatic carbocycles. The Morgan fingerprint density at radius 1 is 0.862 bits per heavy atom. The molecule has 29 heavy (non-hydrogen) atoms. The highest BCUT2D eigenvalue weighted by Crippen LogP contribution is 2.04. The van der Waals surface area contributed by atoms with Gasteiger partial charge in [-0.05, 0) is 31.7 Å². The van der Waals surface area contributed by atoms with E-state index in [1.807, 2.05) is 0 Å². The van der Waals surface area contributed by atoms with Crippen LogP contribution in [-0.2, 0) is 19.2 Å². The summed E-state index contributed by atoms with van der Waals surface area (Å²) in [6, 6.07) is -3.97. The molecule has 0 aliphatic carbocycles. The van der Waals surface area contributed by atoms with Gasteiger partial charge in [-0.2, -0.15) is 25.3 Å². The quantitative estimate of drug-likeness (QED) is 0.117. The summed E-state index contributed by atoms with van der Waals surface area (Å²) in [5.74, 6) is -3.23. The zero-order valence-electron chi connectivity index (χ0n) is 16.8. The SMILES string of the molecule is CC(C)C(N)C(=O)NC(CS)C(=O)NC(CCCCN)C(=O)NC(CS)C(=O)O. The van der Waals surface area contributed by atoms with E-state index in [0.29, 0.717) is 19.4 Å². The van der Waals surface area contributed by atoms with Gasteiger partial charge in [-0.15, -0.1) is 0 Å². The summed E-state index contributed by atoms with van der Waals surface area (Å²) in [4.78, 5) is 48.3. The van der Waals surface area contributed by atoms with Gasteiger partial charge in [0.1, 0.15) is 18.1 Å². The summed E-state index contributed by atoms with van der Waals surface area (Å²) in [6.07, 6.45) is 1.43. The van der Waals surface area contributed by atoms with Crippen LogP contribution in [0.3, 0.4) is 0 Å². The maximum absolute atomic E-state index is 12.6. The molecule has 0 heterocycles. The van der Waals surface area contributed by atoms with E-state index in [1.54, 1.807) is 13.8 Å². The van der Waals surface area contributed by atoms with Gasteiger partial charge >= 0.3 is 5.97 Å². The average Bonchev–Trinajstić information content (AvgIpc) is 2.67. The molecule has 168 valence electrons. The smallest absolute Gasteiger partial charge is 0.327 e. The number of aliphatic carboxylic acids is 1. The lowest BCUT2D eigenvalue weighted by molar-refractivity contribution is -0.141. The van der Waals surface area contributed by atoms with Crippen LogP contribution in [-0.4, -0.2) is 71.0 Å². The molecule has 12 heteroatoms. The number of amides is 3. The topological polar surface area (TPSA) is 177 Å². The van der Waals surface area contributed by atoms with Crippen LogP contribution < -0.4 is 27.4 Å². The Kier molecular flexibility index (Phi) is 13.7. The average molecular weight is 452 g/mol. The van der Waals surface area contributed by atoms with E-state index in [0.717, 1.165) is 0 Å². The van der Waals surface area contributed by atoms with Gasteiger partial charge in [0.25, 0.3) is 0 Å². The fourth-order valence-electron chi connectivity index (χ4n) is 2.26. The third-order valence-electron chi connectivity index (χ3n) is 4.21. The van der Waals surface area contributed by atoms with Crippen molar-refractivity contribution in [2.45, 2.75) is 57.3 Å². The summed E-state index contributed by atoms with van der Waals surface area (Å²) in [6.45, 7) is 3.97. The first-order valence-electron chi connectivity index (χ1n) is 9.40. The zero-order valence-corrected chi connectivity index (χ0v) is 18.5. The van der Waals surface area contributed by atoms with Gasteiger partial charge in [-0.25, -0.2) is 4.79 Å². The van der Waals surface area contributed by atoms with Gasteiger partial charge in [-0.3, -0.25) is 14.4 Å². The number of carbonyl (C=O) groups is 4. The molecule has 0 radical (unpaired) electrons. The Morgan fingerprint density at radius 3 is 1.79 bits per heavy atom. The molecule has 8 N–H and O–H groups in total. The molecule has 0 bridgehead atoms. The highest BCUT2D eigenvalue weighted by atomic mass is 32.1. The van der Waals surface area contributed by atoms with E-state index in [1.165, 1.54) is 0 Å². The van der Waals surface area contributed by atoms with E-state index in [4.69, 9.17) is 16.6 Å². The number of thiol groups is 2. The van der Waals surface area contributed by atoms with Crippen molar-refractivity contribution in [3.8, 4) is 0 Å². The third-order valence-corrected chi connectivity index (χ3v) is 4.94. The Morgan fingerprint density at radius 2 is 1.34 bits per heavy atom. The summed E-state index contributed by atoms with van der Waals surface area (Å²) >= 11 is 7.99. The lowest BCUT2D eigenvalue weighted by Gasteiger charge is -2.25. The van der Waals surface area contributed by atoms with Crippen LogP contribution in [0.15, 0.2) is 0 Å². The number of hydrogen-bond acceptors (Lipinski definition) is 8. The molecule has 0 aliphatic heterocycles. The Balaban J connectivity index is 5.17. The number of carboxylic acid groups (broad SMARTS) is 1. The molecular formula is C17H33N5O5S2. The van der Waals surface area contributed by atoms with Crippen LogP contribution in [0.2, 0.25) is 0 Å². The summed E-state index contributed by atoms with van der Waals surface area (Å²) < 4.78 is 0. The molecule has 3 amide bonds. The highest BCUT2D eigenvalue weighted by Gasteiger charge is 2.29. The fourth-order valence-corrected chi connectivity index (χ4v) is 2.76. The van der Waals surface area contributed by atoms with Crippen LogP contribution in [0.5, 0.6) is 0 Å². The molecule has 0 aromatic rings. The summed E-state index contributed by atoms with van der Waals surface area (Å²) in [5, 5.41) is 16.5. The van der Waals surface area contributed by atoms with Crippen molar-refractivity contribution in [1.29, 1.82) is 0 Å². The van der Waals surface area contributed by atoms with Gasteiger partial charge in [0, 0.05) is 11.5 Å². The maximum Gasteiger partial charge on any atom is 0.327 e. The first kappa shape index (κ1) is 27.5. The monoisotopic (exact) mass is 451 g/mol. The number of nitrogens with one attached hydrogen (secondary N) is 3. The molecule has 0 saturated heterocycles. The van der Waals surface area contributed by atoms with Crippen molar-refractivity contribution >= 4 is 48.9 Å². The standard InChI is InChI=1S/C17H33N5O5S2/c1-9(2)13(19)16(25)21-11(7-28)15(24)20-10(5-3-4-6-18)14(23)22-12(8-29)17(26)27/h9-13,28-29H,3-8,18-19H2,1-2H3,(H,20,24)(H,21,25)(H,22,23)(H,26,27). The number of carbonyl (C=O) groups excluding carboxylic acids is 3. The second kappa shape index (κ2) is 14.5. The lowest BCUT2D eigenvalue weighted by Crippen LogP contribution is -2.58. The van der Waals surface area contributed by atoms with Gasteiger partial charge in [-0.1, -0.05) is 13.8 Å². The summed E-state index contributed by atoms with van der Waals surface area (Å²) in [7, 11) is 0. The van der Waals surface area contributed by atoms with Crippen LogP contribution >= 0.6 is 25.3 Å². The fraction of sp³-hybridized carbons (Fsp3) is 0.765. The molecule has 0 fully saturated rings. The van der Waals surface area contributed by atoms with Crippen LogP contribution in [0.25, 0.3) is 0 Å². The van der Waals surface area contributed by atoms with Crippen LogP contribution in [0.1, 0.15) is 33.1 Å². The van der Waals surface area contributed by atoms with Crippen molar-refractivity contribution in [2.24, 2.45) is 17.4 Å². The number of carboxylic acids is 1. The molecule has 4 unspecified atom stereocenters. The molecule has 0 rings (SSSR count). The first-order chi connectivity index (χ1) is 13.6. The van der Waals surface area contributed by atoms with Gasteiger partial charge in [0.05, 0.1) is 6.04 Å². The van der Waals surface area contributed by atoms with Crippen LogP contribution in [0.4, 0.5) is 0 Å². The third kappa shape index (κ3) is 10.2.